The van der Waals surface area contributed by atoms with Crippen LogP contribution in [0.25, 0.3) is 0 Å². The van der Waals surface area contributed by atoms with Gasteiger partial charge in [0.2, 0.25) is 5.82 Å². The summed E-state index contributed by atoms with van der Waals surface area (Å²) in [5.74, 6) is -0.642. The van der Waals surface area contributed by atoms with Gasteiger partial charge in [-0.05, 0) is 12.2 Å². The second-order valence-electron chi connectivity index (χ2n) is 3.32. The van der Waals surface area contributed by atoms with Gasteiger partial charge in [-0.15, -0.1) is 10.2 Å². The molecule has 78 valence electrons. The average Bonchev–Trinajstić information content (AvgIpc) is 2.46. The molecule has 5 nitrogen and oxygen atoms in total. The van der Waals surface area contributed by atoms with Gasteiger partial charge in [0.05, 0.1) is 0 Å². The quantitative estimate of drug-likeness (QED) is 0.768. The zero-order valence-corrected chi connectivity index (χ0v) is 9.21. The number of hydrogen-bond acceptors (Lipinski definition) is 4. The first-order valence-corrected chi connectivity index (χ1v) is 5.49. The molecule has 0 saturated carbocycles. The molecule has 0 aliphatic carbocycles. The van der Waals surface area contributed by atoms with Gasteiger partial charge in [-0.25, -0.2) is 4.79 Å². The Hall–Kier alpha value is -1.04. The Kier molecular flexibility index (Phi) is 3.51. The Labute approximate surface area is 86.5 Å². The van der Waals surface area contributed by atoms with Crippen LogP contribution in [-0.4, -0.2) is 32.1 Å². The number of carboxylic acids is 1. The topological polar surface area (TPSA) is 68.0 Å². The van der Waals surface area contributed by atoms with E-state index in [9.17, 15) is 4.79 Å². The minimum Gasteiger partial charge on any atom is -0.475 e. The molecule has 0 amide bonds. The molecule has 0 aromatic carbocycles. The summed E-state index contributed by atoms with van der Waals surface area (Å²) in [6.45, 7) is 4.68. The molecule has 0 unspecified atom stereocenters. The lowest BCUT2D eigenvalue weighted by atomic mass is 10.2. The van der Waals surface area contributed by atoms with Gasteiger partial charge in [0, 0.05) is 6.54 Å². The lowest BCUT2D eigenvalue weighted by Gasteiger charge is -2.09. The van der Waals surface area contributed by atoms with Crippen molar-refractivity contribution in [2.75, 3.05) is 6.26 Å². The summed E-state index contributed by atoms with van der Waals surface area (Å²) < 4.78 is 1.64. The van der Waals surface area contributed by atoms with E-state index >= 15 is 0 Å². The van der Waals surface area contributed by atoms with E-state index in [2.05, 4.69) is 10.2 Å². The van der Waals surface area contributed by atoms with Crippen LogP contribution in [0, 0.1) is 5.92 Å². The lowest BCUT2D eigenvalue weighted by Crippen LogP contribution is -2.13. The fourth-order valence-electron chi connectivity index (χ4n) is 1.13. The van der Waals surface area contributed by atoms with E-state index in [1.54, 1.807) is 4.57 Å². The number of thioether (sulfide) groups is 1. The van der Waals surface area contributed by atoms with Crippen molar-refractivity contribution in [1.29, 1.82) is 0 Å². The van der Waals surface area contributed by atoms with Crippen molar-refractivity contribution in [2.45, 2.75) is 25.5 Å². The highest BCUT2D eigenvalue weighted by atomic mass is 32.2. The van der Waals surface area contributed by atoms with Crippen molar-refractivity contribution in [3.8, 4) is 0 Å². The fraction of sp³-hybridized carbons (Fsp3) is 0.625. The van der Waals surface area contributed by atoms with Crippen LogP contribution >= 0.6 is 11.8 Å². The summed E-state index contributed by atoms with van der Waals surface area (Å²) in [4.78, 5) is 10.8. The van der Waals surface area contributed by atoms with E-state index in [4.69, 9.17) is 5.11 Å². The van der Waals surface area contributed by atoms with Crippen molar-refractivity contribution in [3.63, 3.8) is 0 Å². The molecule has 0 aliphatic heterocycles. The number of nitrogens with zero attached hydrogens (tertiary/aromatic N) is 3. The SMILES string of the molecule is CSc1nnc(C(=O)O)n1CC(C)C. The van der Waals surface area contributed by atoms with Crippen LogP contribution in [0.4, 0.5) is 0 Å². The molecule has 0 radical (unpaired) electrons. The van der Waals surface area contributed by atoms with Crippen LogP contribution in [0.2, 0.25) is 0 Å². The van der Waals surface area contributed by atoms with Crippen molar-refractivity contribution < 1.29 is 9.90 Å². The summed E-state index contributed by atoms with van der Waals surface area (Å²) in [5, 5.41) is 16.9. The highest BCUT2D eigenvalue weighted by Crippen LogP contribution is 2.15. The summed E-state index contributed by atoms with van der Waals surface area (Å²) in [5.41, 5.74) is 0. The van der Waals surface area contributed by atoms with Crippen molar-refractivity contribution in [2.24, 2.45) is 5.92 Å². The Morgan fingerprint density at radius 1 is 1.57 bits per heavy atom. The van der Waals surface area contributed by atoms with E-state index in [-0.39, 0.29) is 5.82 Å². The van der Waals surface area contributed by atoms with Crippen LogP contribution in [0.3, 0.4) is 0 Å². The molecule has 0 bridgehead atoms. The summed E-state index contributed by atoms with van der Waals surface area (Å²) in [7, 11) is 0. The van der Waals surface area contributed by atoms with Gasteiger partial charge in [-0.1, -0.05) is 25.6 Å². The Balaban J connectivity index is 3.06. The van der Waals surface area contributed by atoms with Gasteiger partial charge >= 0.3 is 5.97 Å². The Morgan fingerprint density at radius 2 is 2.21 bits per heavy atom. The van der Waals surface area contributed by atoms with Crippen molar-refractivity contribution in [1.82, 2.24) is 14.8 Å². The maximum atomic E-state index is 10.8. The molecule has 0 saturated heterocycles. The van der Waals surface area contributed by atoms with E-state index in [1.807, 2.05) is 20.1 Å². The molecular formula is C8H13N3O2S. The molecule has 14 heavy (non-hydrogen) atoms. The molecule has 1 heterocycles. The number of aromatic carboxylic acids is 1. The molecule has 1 rings (SSSR count). The molecule has 1 aromatic heterocycles. The van der Waals surface area contributed by atoms with Gasteiger partial charge in [-0.2, -0.15) is 0 Å². The first kappa shape index (κ1) is 11.0. The highest BCUT2D eigenvalue weighted by molar-refractivity contribution is 7.98. The van der Waals surface area contributed by atoms with Gasteiger partial charge in [0.1, 0.15) is 0 Å². The lowest BCUT2D eigenvalue weighted by molar-refractivity contribution is 0.0676. The Morgan fingerprint density at radius 3 is 2.64 bits per heavy atom. The second-order valence-corrected chi connectivity index (χ2v) is 4.09. The summed E-state index contributed by atoms with van der Waals surface area (Å²) in [6, 6.07) is 0. The first-order chi connectivity index (χ1) is 6.56. The van der Waals surface area contributed by atoms with E-state index in [0.29, 0.717) is 17.6 Å². The number of hydrogen-bond donors (Lipinski definition) is 1. The fourth-order valence-corrected chi connectivity index (χ4v) is 1.63. The standard InChI is InChI=1S/C8H13N3O2S/c1-5(2)4-11-6(7(12)13)9-10-8(11)14-3/h5H,4H2,1-3H3,(H,12,13). The third-order valence-corrected chi connectivity index (χ3v) is 2.31. The van der Waals surface area contributed by atoms with E-state index in [1.165, 1.54) is 11.8 Å². The van der Waals surface area contributed by atoms with Crippen LogP contribution < -0.4 is 0 Å². The van der Waals surface area contributed by atoms with Gasteiger partial charge in [0.15, 0.2) is 5.16 Å². The van der Waals surface area contributed by atoms with E-state index in [0.717, 1.165) is 0 Å². The molecule has 1 N–H and O–H groups in total. The van der Waals surface area contributed by atoms with E-state index < -0.39 is 5.97 Å². The first-order valence-electron chi connectivity index (χ1n) is 4.26. The molecule has 0 fully saturated rings. The highest BCUT2D eigenvalue weighted by Gasteiger charge is 2.17. The molecular weight excluding hydrogens is 202 g/mol. The molecule has 0 aliphatic rings. The van der Waals surface area contributed by atoms with Crippen LogP contribution in [0.5, 0.6) is 0 Å². The van der Waals surface area contributed by atoms with Crippen molar-refractivity contribution >= 4 is 17.7 Å². The predicted molar refractivity (Wildman–Crippen MR) is 53.6 cm³/mol. The minimum absolute atomic E-state index is 0.0167. The molecule has 1 aromatic rings. The third-order valence-electron chi connectivity index (χ3n) is 1.64. The van der Waals surface area contributed by atoms with Crippen LogP contribution in [-0.2, 0) is 6.54 Å². The number of carbonyl (C=O) groups is 1. The minimum atomic E-state index is -1.03. The predicted octanol–water partition coefficient (Wildman–Crippen LogP) is 1.35. The van der Waals surface area contributed by atoms with Gasteiger partial charge < -0.3 is 5.11 Å². The summed E-state index contributed by atoms with van der Waals surface area (Å²) in [6.07, 6.45) is 1.85. The zero-order chi connectivity index (χ0) is 10.7. The second kappa shape index (κ2) is 4.45. The monoisotopic (exact) mass is 215 g/mol. The average molecular weight is 215 g/mol. The number of carboxylic acid groups (broad SMARTS) is 1. The largest absolute Gasteiger partial charge is 0.475 e. The molecule has 0 atom stereocenters. The normalized spacial score (nSPS) is 10.9. The maximum Gasteiger partial charge on any atom is 0.374 e. The Bertz CT molecular complexity index is 335. The number of rotatable bonds is 4. The maximum absolute atomic E-state index is 10.8. The zero-order valence-electron chi connectivity index (χ0n) is 8.39. The van der Waals surface area contributed by atoms with Crippen LogP contribution in [0.1, 0.15) is 24.5 Å². The van der Waals surface area contributed by atoms with Gasteiger partial charge in [0.25, 0.3) is 0 Å². The van der Waals surface area contributed by atoms with Gasteiger partial charge in [-0.3, -0.25) is 4.57 Å². The summed E-state index contributed by atoms with van der Waals surface area (Å²) >= 11 is 1.40. The van der Waals surface area contributed by atoms with Crippen molar-refractivity contribution in [3.05, 3.63) is 5.82 Å². The molecule has 0 spiro atoms. The smallest absolute Gasteiger partial charge is 0.374 e. The molecule has 6 heteroatoms. The van der Waals surface area contributed by atoms with Crippen LogP contribution in [0.15, 0.2) is 5.16 Å². The number of aromatic nitrogens is 3. The third kappa shape index (κ3) is 2.25.